The normalized spacial score (nSPS) is 18.9. The molecule has 5 nitrogen and oxygen atoms in total. The Morgan fingerprint density at radius 1 is 0.417 bits per heavy atom. The van der Waals surface area contributed by atoms with Crippen LogP contribution in [0.5, 0.6) is 0 Å². The van der Waals surface area contributed by atoms with Crippen LogP contribution in [-0.2, 0) is 16.5 Å². The number of hydrogen-bond donors (Lipinski definition) is 0. The summed E-state index contributed by atoms with van der Waals surface area (Å²) in [5.74, 6) is 2.46. The van der Waals surface area contributed by atoms with E-state index in [9.17, 15) is 0 Å². The first kappa shape index (κ1) is 30.8. The highest BCUT2D eigenvalue weighted by Crippen LogP contribution is 2.69. The second-order valence-electron chi connectivity index (χ2n) is 18.9. The van der Waals surface area contributed by atoms with Crippen molar-refractivity contribution < 1.29 is 9.13 Å². The van der Waals surface area contributed by atoms with Gasteiger partial charge >= 0.3 is 5.66 Å². The first-order valence-corrected chi connectivity index (χ1v) is 21.4. The third-order valence-corrected chi connectivity index (χ3v) is 15.7. The van der Waals surface area contributed by atoms with Crippen molar-refractivity contribution in [3.05, 3.63) is 185 Å². The van der Waals surface area contributed by atoms with Gasteiger partial charge in [0, 0.05) is 32.7 Å². The van der Waals surface area contributed by atoms with Crippen LogP contribution in [0.3, 0.4) is 0 Å². The Morgan fingerprint density at radius 2 is 0.950 bits per heavy atom. The van der Waals surface area contributed by atoms with E-state index < -0.39 is 5.66 Å². The standard InChI is InChI=1S/C55H37N5/c1-53(2)36-20-10-13-23-41(36)56-43-26-25-35-34-19-9-12-22-40(34)57-48(35)46(43)55-47-49(56)38(53)29-39-50(47)58(42-24-14-11-21-37(42)54(39,3)4)52-33-18-8-6-16-31(33)28-45(60(52)55)44-27-30-15-5-7-17-32(30)51(57)59(44)55/h5-29H,1-4H3/q+2. The molecule has 1 atom stereocenters. The zero-order chi connectivity index (χ0) is 39.3. The van der Waals surface area contributed by atoms with Crippen LogP contribution in [0.15, 0.2) is 152 Å². The van der Waals surface area contributed by atoms with Crippen molar-refractivity contribution in [3.63, 3.8) is 0 Å². The quantitative estimate of drug-likeness (QED) is 0.143. The molecule has 10 aromatic rings. The van der Waals surface area contributed by atoms with Crippen LogP contribution in [0.1, 0.15) is 61.1 Å². The highest BCUT2D eigenvalue weighted by Gasteiger charge is 2.72. The summed E-state index contributed by atoms with van der Waals surface area (Å²) in [6.07, 6.45) is 0. The molecule has 16 rings (SSSR count). The fourth-order valence-corrected chi connectivity index (χ4v) is 13.3. The maximum absolute atomic E-state index is 2.80. The lowest BCUT2D eigenvalue weighted by molar-refractivity contribution is -0.930. The largest absolute Gasteiger partial charge is 0.319 e. The molecule has 3 aromatic heterocycles. The molecule has 0 N–H and O–H groups in total. The van der Waals surface area contributed by atoms with Gasteiger partial charge in [0.05, 0.1) is 27.8 Å². The molecule has 7 aromatic carbocycles. The lowest BCUT2D eigenvalue weighted by atomic mass is 9.63. The molecule has 6 aliphatic rings. The van der Waals surface area contributed by atoms with Crippen molar-refractivity contribution in [3.8, 4) is 17.2 Å². The molecular formula is C55H37N5+2. The SMILES string of the molecule is CC1(C)c2ccccc2N2c3ccc4c5ccccc5n5c4c3C34c6c2c1cc1c6N(c2ccccc2C1(C)C)c1c2ccccc2cc([n+]13)-c1cc2ccccc2c-5[n+]14. The van der Waals surface area contributed by atoms with Gasteiger partial charge in [0.1, 0.15) is 22.3 Å². The molecule has 0 bridgehead atoms. The van der Waals surface area contributed by atoms with Crippen molar-refractivity contribution in [2.45, 2.75) is 44.2 Å². The molecule has 1 unspecified atom stereocenters. The van der Waals surface area contributed by atoms with Gasteiger partial charge in [0.2, 0.25) is 0 Å². The zero-order valence-electron chi connectivity index (χ0n) is 33.7. The van der Waals surface area contributed by atoms with Gasteiger partial charge in [-0.2, -0.15) is 18.6 Å². The van der Waals surface area contributed by atoms with Gasteiger partial charge in [0.25, 0.3) is 11.6 Å². The van der Waals surface area contributed by atoms with Gasteiger partial charge in [-0.25, -0.2) is 0 Å². The Hall–Kier alpha value is -7.24. The first-order chi connectivity index (χ1) is 29.3. The van der Waals surface area contributed by atoms with E-state index in [2.05, 4.69) is 203 Å². The number of pyridine rings is 2. The first-order valence-electron chi connectivity index (χ1n) is 21.4. The molecule has 60 heavy (non-hydrogen) atoms. The Bertz CT molecular complexity index is 3810. The maximum atomic E-state index is 2.80. The summed E-state index contributed by atoms with van der Waals surface area (Å²) >= 11 is 0. The number of aromatic nitrogens is 3. The molecule has 0 amide bonds. The number of anilines is 6. The van der Waals surface area contributed by atoms with E-state index in [4.69, 9.17) is 0 Å². The fraction of sp³-hybridized carbons (Fsp3) is 0.127. The van der Waals surface area contributed by atoms with Gasteiger partial charge in [-0.1, -0.05) is 113 Å². The van der Waals surface area contributed by atoms with E-state index in [0.29, 0.717) is 0 Å². The van der Waals surface area contributed by atoms with E-state index in [1.54, 1.807) is 0 Å². The summed E-state index contributed by atoms with van der Waals surface area (Å²) in [5, 5.41) is 7.59. The number of rotatable bonds is 0. The minimum Gasteiger partial charge on any atom is -0.308 e. The Balaban J connectivity index is 1.28. The van der Waals surface area contributed by atoms with Crippen LogP contribution in [0.25, 0.3) is 60.6 Å². The third-order valence-electron chi connectivity index (χ3n) is 15.7. The lowest BCUT2D eigenvalue weighted by Gasteiger charge is -2.53. The van der Waals surface area contributed by atoms with Crippen LogP contribution in [0.2, 0.25) is 0 Å². The summed E-state index contributed by atoms with van der Waals surface area (Å²) < 4.78 is 8.24. The highest BCUT2D eigenvalue weighted by molar-refractivity contribution is 6.16. The predicted molar refractivity (Wildman–Crippen MR) is 240 cm³/mol. The Morgan fingerprint density at radius 3 is 1.63 bits per heavy atom. The zero-order valence-corrected chi connectivity index (χ0v) is 33.7. The van der Waals surface area contributed by atoms with Crippen molar-refractivity contribution in [1.82, 2.24) is 4.57 Å². The van der Waals surface area contributed by atoms with Gasteiger partial charge in [-0.15, -0.1) is 0 Å². The van der Waals surface area contributed by atoms with E-state index in [-0.39, 0.29) is 10.8 Å². The van der Waals surface area contributed by atoms with Crippen molar-refractivity contribution >= 4 is 77.6 Å². The summed E-state index contributed by atoms with van der Waals surface area (Å²) in [6, 6.07) is 58.2. The van der Waals surface area contributed by atoms with Gasteiger partial charge in [0.15, 0.2) is 22.6 Å². The van der Waals surface area contributed by atoms with Crippen LogP contribution < -0.4 is 18.9 Å². The summed E-state index contributed by atoms with van der Waals surface area (Å²) in [7, 11) is 0. The van der Waals surface area contributed by atoms with Gasteiger partial charge in [-0.3, -0.25) is 0 Å². The molecule has 6 aliphatic heterocycles. The molecule has 5 heteroatoms. The van der Waals surface area contributed by atoms with Gasteiger partial charge < -0.3 is 4.90 Å². The van der Waals surface area contributed by atoms with Crippen LogP contribution >= 0.6 is 0 Å². The van der Waals surface area contributed by atoms with Crippen molar-refractivity contribution in [2.24, 2.45) is 0 Å². The molecule has 9 heterocycles. The van der Waals surface area contributed by atoms with Crippen LogP contribution in [0.4, 0.5) is 34.3 Å². The summed E-state index contributed by atoms with van der Waals surface area (Å²) in [5.41, 5.74) is 18.3. The highest BCUT2D eigenvalue weighted by atomic mass is 15.5. The predicted octanol–water partition coefficient (Wildman–Crippen LogP) is 12.1. The average Bonchev–Trinajstić information content (AvgIpc) is 3.76. The van der Waals surface area contributed by atoms with E-state index >= 15 is 0 Å². The van der Waals surface area contributed by atoms with Crippen molar-refractivity contribution in [2.75, 3.05) is 9.80 Å². The fourth-order valence-electron chi connectivity index (χ4n) is 13.3. The molecule has 0 saturated heterocycles. The topological polar surface area (TPSA) is 19.2 Å². The number of fused-ring (bicyclic) bond motifs is 15. The minimum atomic E-state index is -0.754. The summed E-state index contributed by atoms with van der Waals surface area (Å²) in [6.45, 7) is 9.85. The molecule has 0 radical (unpaired) electrons. The Kier molecular flexibility index (Phi) is 4.77. The molecule has 0 fully saturated rings. The average molecular weight is 768 g/mol. The molecule has 0 aliphatic carbocycles. The smallest absolute Gasteiger partial charge is 0.308 e. The minimum absolute atomic E-state index is 0.275. The van der Waals surface area contributed by atoms with Crippen LogP contribution in [-0.4, -0.2) is 4.57 Å². The number of nitrogens with zero attached hydrogens (tertiary/aromatic N) is 5. The molecular weight excluding hydrogens is 731 g/mol. The lowest BCUT2D eigenvalue weighted by Crippen LogP contribution is -2.77. The summed E-state index contributed by atoms with van der Waals surface area (Å²) in [4.78, 5) is 5.37. The maximum Gasteiger partial charge on any atom is 0.319 e. The number of para-hydroxylation sites is 3. The van der Waals surface area contributed by atoms with Crippen LogP contribution in [0, 0.1) is 0 Å². The van der Waals surface area contributed by atoms with E-state index in [1.807, 2.05) is 0 Å². The monoisotopic (exact) mass is 767 g/mol. The Labute approximate surface area is 346 Å². The third kappa shape index (κ3) is 2.88. The van der Waals surface area contributed by atoms with E-state index in [0.717, 1.165) is 0 Å². The molecule has 0 saturated carbocycles. The van der Waals surface area contributed by atoms with E-state index in [1.165, 1.54) is 128 Å². The number of hydrogen-bond acceptors (Lipinski definition) is 2. The molecule has 1 spiro atoms. The second-order valence-corrected chi connectivity index (χ2v) is 18.9. The number of benzene rings is 7. The second kappa shape index (κ2) is 9.30. The van der Waals surface area contributed by atoms with Crippen molar-refractivity contribution in [1.29, 1.82) is 0 Å². The molecule has 280 valence electrons. The van der Waals surface area contributed by atoms with Gasteiger partial charge in [-0.05, 0) is 88.6 Å².